The first-order valence-corrected chi connectivity index (χ1v) is 6.98. The maximum Gasteiger partial charge on any atom is 0.326 e. The van der Waals surface area contributed by atoms with Gasteiger partial charge < -0.3 is 24.9 Å². The van der Waals surface area contributed by atoms with E-state index in [1.54, 1.807) is 4.90 Å². The SMILES string of the molecule is CCCN(CCN(C)C)C(=O)N1C[C@@H](O)C[C@H]1C(=O)O. The quantitative estimate of drug-likeness (QED) is 0.712. The molecule has 1 rings (SSSR count). The predicted octanol–water partition coefficient (Wildman–Crippen LogP) is -0.100. The number of urea groups is 1. The number of carboxylic acid groups (broad SMARTS) is 1. The summed E-state index contributed by atoms with van der Waals surface area (Å²) < 4.78 is 0. The number of carboxylic acids is 1. The molecule has 7 nitrogen and oxygen atoms in total. The fraction of sp³-hybridized carbons (Fsp3) is 0.846. The Balaban J connectivity index is 2.74. The third kappa shape index (κ3) is 4.35. The molecule has 0 aromatic heterocycles. The Morgan fingerprint density at radius 1 is 1.25 bits per heavy atom. The molecule has 2 amide bonds. The molecule has 1 saturated heterocycles. The summed E-state index contributed by atoms with van der Waals surface area (Å²) >= 11 is 0. The Bertz CT molecular complexity index is 349. The van der Waals surface area contributed by atoms with Crippen LogP contribution in [0.4, 0.5) is 4.79 Å². The molecule has 20 heavy (non-hydrogen) atoms. The molecule has 116 valence electrons. The highest BCUT2D eigenvalue weighted by molar-refractivity contribution is 5.83. The smallest absolute Gasteiger partial charge is 0.326 e. The van der Waals surface area contributed by atoms with E-state index in [2.05, 4.69) is 0 Å². The fourth-order valence-electron chi connectivity index (χ4n) is 2.33. The molecule has 0 spiro atoms. The minimum Gasteiger partial charge on any atom is -0.480 e. The number of aliphatic hydroxyl groups excluding tert-OH is 1. The van der Waals surface area contributed by atoms with E-state index in [0.29, 0.717) is 13.1 Å². The molecule has 1 aliphatic rings. The lowest BCUT2D eigenvalue weighted by Gasteiger charge is -2.30. The van der Waals surface area contributed by atoms with Gasteiger partial charge in [0.1, 0.15) is 6.04 Å². The van der Waals surface area contributed by atoms with Gasteiger partial charge in [0.25, 0.3) is 0 Å². The summed E-state index contributed by atoms with van der Waals surface area (Å²) in [4.78, 5) is 28.6. The summed E-state index contributed by atoms with van der Waals surface area (Å²) in [5, 5.41) is 18.8. The van der Waals surface area contributed by atoms with Gasteiger partial charge in [0.2, 0.25) is 0 Å². The first kappa shape index (κ1) is 16.7. The number of hydrogen-bond donors (Lipinski definition) is 2. The van der Waals surface area contributed by atoms with Crippen LogP contribution in [-0.4, -0.2) is 89.3 Å². The van der Waals surface area contributed by atoms with Crippen molar-refractivity contribution in [2.24, 2.45) is 0 Å². The Morgan fingerprint density at radius 2 is 1.90 bits per heavy atom. The molecule has 1 heterocycles. The van der Waals surface area contributed by atoms with E-state index in [4.69, 9.17) is 5.11 Å². The van der Waals surface area contributed by atoms with Crippen molar-refractivity contribution in [3.8, 4) is 0 Å². The highest BCUT2D eigenvalue weighted by atomic mass is 16.4. The number of nitrogens with zero attached hydrogens (tertiary/aromatic N) is 3. The molecule has 0 saturated carbocycles. The molecular formula is C13H25N3O4. The van der Waals surface area contributed by atoms with Gasteiger partial charge in [-0.25, -0.2) is 9.59 Å². The molecule has 1 fully saturated rings. The van der Waals surface area contributed by atoms with Crippen LogP contribution in [0.1, 0.15) is 19.8 Å². The van der Waals surface area contributed by atoms with Gasteiger partial charge in [0.05, 0.1) is 6.10 Å². The summed E-state index contributed by atoms with van der Waals surface area (Å²) in [6, 6.07) is -1.21. The van der Waals surface area contributed by atoms with Crippen molar-refractivity contribution in [2.45, 2.75) is 31.9 Å². The second-order valence-corrected chi connectivity index (χ2v) is 5.47. The van der Waals surface area contributed by atoms with Gasteiger partial charge in [0, 0.05) is 32.6 Å². The summed E-state index contributed by atoms with van der Waals surface area (Å²) in [5.74, 6) is -1.06. The van der Waals surface area contributed by atoms with Crippen molar-refractivity contribution in [1.29, 1.82) is 0 Å². The van der Waals surface area contributed by atoms with E-state index in [-0.39, 0.29) is 19.0 Å². The second-order valence-electron chi connectivity index (χ2n) is 5.47. The van der Waals surface area contributed by atoms with Crippen LogP contribution in [0.5, 0.6) is 0 Å². The maximum atomic E-state index is 12.5. The molecule has 0 aromatic carbocycles. The van der Waals surface area contributed by atoms with E-state index in [9.17, 15) is 14.7 Å². The summed E-state index contributed by atoms with van der Waals surface area (Å²) in [6.45, 7) is 3.94. The lowest BCUT2D eigenvalue weighted by atomic mass is 10.2. The predicted molar refractivity (Wildman–Crippen MR) is 74.6 cm³/mol. The topological polar surface area (TPSA) is 84.3 Å². The molecule has 0 radical (unpaired) electrons. The second kappa shape index (κ2) is 7.44. The van der Waals surface area contributed by atoms with Crippen LogP contribution in [0.25, 0.3) is 0 Å². The lowest BCUT2D eigenvalue weighted by Crippen LogP contribution is -2.49. The molecular weight excluding hydrogens is 262 g/mol. The van der Waals surface area contributed by atoms with Crippen LogP contribution in [0.2, 0.25) is 0 Å². The van der Waals surface area contributed by atoms with Crippen molar-refractivity contribution in [2.75, 3.05) is 40.3 Å². The average molecular weight is 287 g/mol. The van der Waals surface area contributed by atoms with Gasteiger partial charge in [0.15, 0.2) is 0 Å². The van der Waals surface area contributed by atoms with E-state index in [1.165, 1.54) is 4.90 Å². The van der Waals surface area contributed by atoms with Crippen molar-refractivity contribution < 1.29 is 19.8 Å². The zero-order valence-corrected chi connectivity index (χ0v) is 12.4. The van der Waals surface area contributed by atoms with Crippen LogP contribution < -0.4 is 0 Å². The van der Waals surface area contributed by atoms with Crippen LogP contribution in [0.3, 0.4) is 0 Å². The number of β-amino-alcohol motifs (C(OH)–C–C–N with tert-alkyl or cyclic N) is 1. The monoisotopic (exact) mass is 287 g/mol. The molecule has 0 unspecified atom stereocenters. The molecule has 2 N–H and O–H groups in total. The number of amides is 2. The van der Waals surface area contributed by atoms with Crippen LogP contribution >= 0.6 is 0 Å². The van der Waals surface area contributed by atoms with Gasteiger partial charge >= 0.3 is 12.0 Å². The first-order valence-electron chi connectivity index (χ1n) is 6.98. The Morgan fingerprint density at radius 3 is 2.40 bits per heavy atom. The van der Waals surface area contributed by atoms with Gasteiger partial charge in [-0.05, 0) is 20.5 Å². The minimum absolute atomic E-state index is 0.0952. The zero-order valence-electron chi connectivity index (χ0n) is 12.4. The molecule has 1 aliphatic heterocycles. The normalized spacial score (nSPS) is 22.4. The first-order chi connectivity index (χ1) is 9.36. The number of carbonyl (C=O) groups excluding carboxylic acids is 1. The van der Waals surface area contributed by atoms with Gasteiger partial charge in [-0.15, -0.1) is 0 Å². The van der Waals surface area contributed by atoms with Crippen molar-refractivity contribution in [3.05, 3.63) is 0 Å². The lowest BCUT2D eigenvalue weighted by molar-refractivity contribution is -0.141. The number of aliphatic hydroxyl groups is 1. The number of rotatable bonds is 6. The van der Waals surface area contributed by atoms with Crippen molar-refractivity contribution in [1.82, 2.24) is 14.7 Å². The van der Waals surface area contributed by atoms with Crippen molar-refractivity contribution >= 4 is 12.0 Å². The van der Waals surface area contributed by atoms with E-state index in [1.807, 2.05) is 25.9 Å². The summed E-state index contributed by atoms with van der Waals surface area (Å²) in [7, 11) is 3.85. The van der Waals surface area contributed by atoms with Crippen LogP contribution in [0, 0.1) is 0 Å². The highest BCUT2D eigenvalue weighted by Crippen LogP contribution is 2.20. The van der Waals surface area contributed by atoms with Gasteiger partial charge in [-0.3, -0.25) is 0 Å². The molecule has 7 heteroatoms. The molecule has 0 bridgehead atoms. The number of hydrogen-bond acceptors (Lipinski definition) is 4. The highest BCUT2D eigenvalue weighted by Gasteiger charge is 2.40. The summed E-state index contributed by atoms with van der Waals surface area (Å²) in [6.07, 6.45) is 0.166. The van der Waals surface area contributed by atoms with E-state index in [0.717, 1.165) is 13.0 Å². The molecule has 0 aliphatic carbocycles. The molecule has 0 aromatic rings. The van der Waals surface area contributed by atoms with Gasteiger partial charge in [-0.1, -0.05) is 6.92 Å². The summed E-state index contributed by atoms with van der Waals surface area (Å²) in [5.41, 5.74) is 0. The third-order valence-electron chi connectivity index (χ3n) is 3.39. The fourth-order valence-corrected chi connectivity index (χ4v) is 2.33. The Kier molecular flexibility index (Phi) is 6.22. The number of aliphatic carboxylic acids is 1. The standard InChI is InChI=1S/C13H25N3O4/c1-4-5-15(7-6-14(2)3)13(20)16-9-10(17)8-11(16)12(18)19/h10-11,17H,4-9H2,1-3H3,(H,18,19)/t10-,11-/m0/s1. The maximum absolute atomic E-state index is 12.5. The number of carbonyl (C=O) groups is 2. The number of likely N-dealkylation sites (N-methyl/N-ethyl adjacent to an activating group) is 1. The van der Waals surface area contributed by atoms with E-state index < -0.39 is 18.1 Å². The van der Waals surface area contributed by atoms with Crippen molar-refractivity contribution in [3.63, 3.8) is 0 Å². The Labute approximate surface area is 119 Å². The Hall–Kier alpha value is -1.34. The third-order valence-corrected chi connectivity index (χ3v) is 3.39. The number of likely N-dealkylation sites (tertiary alicyclic amines) is 1. The average Bonchev–Trinajstić information content (AvgIpc) is 2.75. The van der Waals surface area contributed by atoms with Gasteiger partial charge in [-0.2, -0.15) is 0 Å². The minimum atomic E-state index is -1.06. The van der Waals surface area contributed by atoms with Crippen LogP contribution in [0.15, 0.2) is 0 Å². The van der Waals surface area contributed by atoms with Crippen LogP contribution in [-0.2, 0) is 4.79 Å². The van der Waals surface area contributed by atoms with E-state index >= 15 is 0 Å². The molecule has 2 atom stereocenters. The zero-order chi connectivity index (χ0) is 15.3. The largest absolute Gasteiger partial charge is 0.480 e.